The van der Waals surface area contributed by atoms with Crippen molar-refractivity contribution < 1.29 is 17.2 Å². The van der Waals surface area contributed by atoms with Gasteiger partial charge in [-0.05, 0) is 44.0 Å². The molecule has 2 rings (SSSR count). The summed E-state index contributed by atoms with van der Waals surface area (Å²) >= 11 is 0. The van der Waals surface area contributed by atoms with Gasteiger partial charge in [-0.1, -0.05) is 12.8 Å². The average Bonchev–Trinajstić information content (AvgIpc) is 2.92. The monoisotopic (exact) mass is 303 g/mol. The molecule has 0 saturated heterocycles. The molecule has 1 saturated carbocycles. The maximum absolute atomic E-state index is 13.6. The Balaban J connectivity index is 2.23. The van der Waals surface area contributed by atoms with Crippen molar-refractivity contribution in [2.45, 2.75) is 36.6 Å². The van der Waals surface area contributed by atoms with E-state index >= 15 is 0 Å². The summed E-state index contributed by atoms with van der Waals surface area (Å²) in [5.74, 6) is -1.56. The van der Waals surface area contributed by atoms with Crippen LogP contribution in [-0.4, -0.2) is 27.3 Å². The van der Waals surface area contributed by atoms with Crippen molar-refractivity contribution in [2.24, 2.45) is 5.92 Å². The Bertz CT molecular complexity index is 569. The highest BCUT2D eigenvalue weighted by molar-refractivity contribution is 7.91. The van der Waals surface area contributed by atoms with E-state index in [1.807, 2.05) is 0 Å². The van der Waals surface area contributed by atoms with Gasteiger partial charge in [0.2, 0.25) is 0 Å². The number of sulfone groups is 1. The second-order valence-corrected chi connectivity index (χ2v) is 7.30. The molecule has 0 spiro atoms. The van der Waals surface area contributed by atoms with Crippen LogP contribution < -0.4 is 5.32 Å². The Morgan fingerprint density at radius 1 is 1.30 bits per heavy atom. The van der Waals surface area contributed by atoms with Crippen LogP contribution in [0.15, 0.2) is 23.1 Å². The first-order chi connectivity index (χ1) is 9.44. The van der Waals surface area contributed by atoms with Gasteiger partial charge < -0.3 is 5.32 Å². The van der Waals surface area contributed by atoms with E-state index in [1.165, 1.54) is 0 Å². The van der Waals surface area contributed by atoms with Crippen LogP contribution in [0.3, 0.4) is 0 Å². The fourth-order valence-corrected chi connectivity index (χ4v) is 4.61. The van der Waals surface area contributed by atoms with Crippen LogP contribution >= 0.6 is 0 Å². The number of nitrogens with one attached hydrogen (secondary N) is 1. The first-order valence-corrected chi connectivity index (χ1v) is 8.44. The SMILES string of the molecule is CNC(CS(=O)(=O)c1cc(F)ccc1F)C1CCCC1. The summed E-state index contributed by atoms with van der Waals surface area (Å²) in [7, 11) is -2.13. The highest BCUT2D eigenvalue weighted by atomic mass is 32.2. The van der Waals surface area contributed by atoms with Crippen molar-refractivity contribution in [3.8, 4) is 0 Å². The molecule has 3 nitrogen and oxygen atoms in total. The molecule has 1 N–H and O–H groups in total. The first-order valence-electron chi connectivity index (χ1n) is 6.79. The maximum atomic E-state index is 13.6. The smallest absolute Gasteiger partial charge is 0.182 e. The minimum Gasteiger partial charge on any atom is -0.316 e. The number of rotatable bonds is 5. The van der Waals surface area contributed by atoms with Crippen LogP contribution in [-0.2, 0) is 9.84 Å². The van der Waals surface area contributed by atoms with Gasteiger partial charge in [0, 0.05) is 6.04 Å². The van der Waals surface area contributed by atoms with Crippen LogP contribution in [0.25, 0.3) is 0 Å². The molecule has 6 heteroatoms. The van der Waals surface area contributed by atoms with Crippen molar-refractivity contribution in [1.29, 1.82) is 0 Å². The topological polar surface area (TPSA) is 46.2 Å². The zero-order valence-corrected chi connectivity index (χ0v) is 12.2. The molecule has 1 aliphatic carbocycles. The molecule has 1 fully saturated rings. The summed E-state index contributed by atoms with van der Waals surface area (Å²) in [4.78, 5) is -0.546. The van der Waals surface area contributed by atoms with Crippen molar-refractivity contribution >= 4 is 9.84 Å². The van der Waals surface area contributed by atoms with E-state index in [-0.39, 0.29) is 17.7 Å². The number of benzene rings is 1. The lowest BCUT2D eigenvalue weighted by Gasteiger charge is -2.22. The number of hydrogen-bond donors (Lipinski definition) is 1. The summed E-state index contributed by atoms with van der Waals surface area (Å²) in [5.41, 5.74) is 0. The molecule has 0 radical (unpaired) electrons. The fraction of sp³-hybridized carbons (Fsp3) is 0.571. The van der Waals surface area contributed by atoms with Crippen LogP contribution in [0, 0.1) is 17.6 Å². The average molecular weight is 303 g/mol. The molecule has 20 heavy (non-hydrogen) atoms. The van der Waals surface area contributed by atoms with E-state index in [0.717, 1.165) is 43.9 Å². The lowest BCUT2D eigenvalue weighted by atomic mass is 10.0. The largest absolute Gasteiger partial charge is 0.316 e. The molecule has 1 aliphatic rings. The Hall–Kier alpha value is -1.01. The molecule has 112 valence electrons. The van der Waals surface area contributed by atoms with Crippen molar-refractivity contribution in [3.63, 3.8) is 0 Å². The van der Waals surface area contributed by atoms with Gasteiger partial charge in [-0.25, -0.2) is 17.2 Å². The lowest BCUT2D eigenvalue weighted by Crippen LogP contribution is -2.38. The van der Waals surface area contributed by atoms with Crippen LogP contribution in [0.4, 0.5) is 8.78 Å². The third-order valence-corrected chi connectivity index (χ3v) is 5.75. The lowest BCUT2D eigenvalue weighted by molar-refractivity contribution is 0.403. The normalized spacial score (nSPS) is 18.4. The minimum absolute atomic E-state index is 0.200. The second kappa shape index (κ2) is 6.18. The van der Waals surface area contributed by atoms with E-state index in [4.69, 9.17) is 0 Å². The Kier molecular flexibility index (Phi) is 4.75. The molecule has 0 amide bonds. The second-order valence-electron chi connectivity index (χ2n) is 5.30. The third kappa shape index (κ3) is 3.35. The summed E-state index contributed by atoms with van der Waals surface area (Å²) in [6, 6.07) is 2.31. The van der Waals surface area contributed by atoms with E-state index in [1.54, 1.807) is 7.05 Å². The van der Waals surface area contributed by atoms with E-state index in [2.05, 4.69) is 5.32 Å². The maximum Gasteiger partial charge on any atom is 0.182 e. The highest BCUT2D eigenvalue weighted by Gasteiger charge is 2.30. The van der Waals surface area contributed by atoms with Gasteiger partial charge in [-0.3, -0.25) is 0 Å². The summed E-state index contributed by atoms with van der Waals surface area (Å²) < 4.78 is 51.4. The summed E-state index contributed by atoms with van der Waals surface area (Å²) in [6.07, 6.45) is 4.15. The van der Waals surface area contributed by atoms with Gasteiger partial charge in [0.1, 0.15) is 16.5 Å². The van der Waals surface area contributed by atoms with E-state index < -0.39 is 26.4 Å². The molecule has 1 aromatic rings. The van der Waals surface area contributed by atoms with Crippen LogP contribution in [0.5, 0.6) is 0 Å². The van der Waals surface area contributed by atoms with Crippen LogP contribution in [0.2, 0.25) is 0 Å². The Labute approximate surface area is 118 Å². The van der Waals surface area contributed by atoms with Gasteiger partial charge in [-0.15, -0.1) is 0 Å². The molecule has 0 heterocycles. The molecular weight excluding hydrogens is 284 g/mol. The van der Waals surface area contributed by atoms with E-state index in [0.29, 0.717) is 0 Å². The first kappa shape index (κ1) is 15.4. The number of halogens is 2. The zero-order valence-electron chi connectivity index (χ0n) is 11.4. The van der Waals surface area contributed by atoms with E-state index in [9.17, 15) is 17.2 Å². The fourth-order valence-electron chi connectivity index (χ4n) is 2.86. The minimum atomic E-state index is -3.84. The molecule has 1 aromatic carbocycles. The Morgan fingerprint density at radius 2 is 1.95 bits per heavy atom. The highest BCUT2D eigenvalue weighted by Crippen LogP contribution is 2.29. The molecule has 0 aromatic heterocycles. The van der Waals surface area contributed by atoms with Gasteiger partial charge >= 0.3 is 0 Å². The quantitative estimate of drug-likeness (QED) is 0.909. The molecule has 1 atom stereocenters. The summed E-state index contributed by atoms with van der Waals surface area (Å²) in [6.45, 7) is 0. The van der Waals surface area contributed by atoms with Crippen molar-refractivity contribution in [2.75, 3.05) is 12.8 Å². The molecule has 1 unspecified atom stereocenters. The van der Waals surface area contributed by atoms with Crippen LogP contribution in [0.1, 0.15) is 25.7 Å². The molecular formula is C14H19F2NO2S. The van der Waals surface area contributed by atoms with Gasteiger partial charge in [0.25, 0.3) is 0 Å². The van der Waals surface area contributed by atoms with Crippen molar-refractivity contribution in [3.05, 3.63) is 29.8 Å². The molecule has 0 bridgehead atoms. The zero-order chi connectivity index (χ0) is 14.8. The van der Waals surface area contributed by atoms with Gasteiger partial charge in [0.15, 0.2) is 9.84 Å². The molecule has 0 aliphatic heterocycles. The summed E-state index contributed by atoms with van der Waals surface area (Å²) in [5, 5.41) is 3.01. The third-order valence-electron chi connectivity index (χ3n) is 3.97. The standard InChI is InChI=1S/C14H19F2NO2S/c1-17-13(10-4-2-3-5-10)9-20(18,19)14-8-11(15)6-7-12(14)16/h6-8,10,13,17H,2-5,9H2,1H3. The number of hydrogen-bond acceptors (Lipinski definition) is 3. The van der Waals surface area contributed by atoms with Gasteiger partial charge in [-0.2, -0.15) is 0 Å². The predicted molar refractivity (Wildman–Crippen MR) is 73.2 cm³/mol. The van der Waals surface area contributed by atoms with Gasteiger partial charge in [0.05, 0.1) is 5.75 Å². The van der Waals surface area contributed by atoms with Crippen molar-refractivity contribution in [1.82, 2.24) is 5.32 Å². The Morgan fingerprint density at radius 3 is 2.55 bits per heavy atom. The predicted octanol–water partition coefficient (Wildman–Crippen LogP) is 2.52.